The van der Waals surface area contributed by atoms with Crippen molar-refractivity contribution < 1.29 is 9.47 Å². The first kappa shape index (κ1) is 23.8. The highest BCUT2D eigenvalue weighted by Crippen LogP contribution is 2.33. The molecule has 3 heterocycles. The molecule has 9 heteroatoms. The normalized spacial score (nSPS) is 16.1. The Balaban J connectivity index is 1.57. The van der Waals surface area contributed by atoms with E-state index >= 15 is 0 Å². The van der Waals surface area contributed by atoms with Crippen molar-refractivity contribution in [3.8, 4) is 28.3 Å². The van der Waals surface area contributed by atoms with Gasteiger partial charge in [-0.2, -0.15) is 0 Å². The van der Waals surface area contributed by atoms with Crippen LogP contribution in [0.25, 0.3) is 22.5 Å². The van der Waals surface area contributed by atoms with Gasteiger partial charge < -0.3 is 24.3 Å². The second kappa shape index (κ2) is 9.90. The lowest BCUT2D eigenvalue weighted by atomic mass is 10.0. The van der Waals surface area contributed by atoms with Crippen LogP contribution in [0.4, 0.5) is 5.82 Å². The minimum absolute atomic E-state index is 0.0852. The molecular weight excluding hydrogens is 432 g/mol. The van der Waals surface area contributed by atoms with Gasteiger partial charge in [-0.05, 0) is 51.5 Å². The summed E-state index contributed by atoms with van der Waals surface area (Å²) in [5.41, 5.74) is 2.79. The highest BCUT2D eigenvalue weighted by Gasteiger charge is 2.26. The third kappa shape index (κ3) is 5.60. The number of ether oxygens (including phenoxy) is 2. The Labute approximate surface area is 199 Å². The van der Waals surface area contributed by atoms with Crippen LogP contribution in [0.5, 0.6) is 5.75 Å². The average molecular weight is 465 g/mol. The Kier molecular flexibility index (Phi) is 6.95. The maximum Gasteiger partial charge on any atom is 0.253 e. The van der Waals surface area contributed by atoms with Gasteiger partial charge in [-0.25, -0.2) is 4.98 Å². The molecule has 1 N–H and O–H groups in total. The fourth-order valence-electron chi connectivity index (χ4n) is 4.09. The van der Waals surface area contributed by atoms with E-state index in [0.717, 1.165) is 36.5 Å². The molecule has 2 aromatic heterocycles. The molecule has 1 saturated heterocycles. The van der Waals surface area contributed by atoms with Crippen molar-refractivity contribution in [1.29, 1.82) is 0 Å². The fourth-order valence-corrected chi connectivity index (χ4v) is 4.09. The van der Waals surface area contributed by atoms with E-state index < -0.39 is 0 Å². The molecule has 0 aliphatic carbocycles. The number of hydrogen-bond acceptors (Lipinski definition) is 8. The summed E-state index contributed by atoms with van der Waals surface area (Å²) in [6.45, 7) is 8.50. The lowest BCUT2D eigenvalue weighted by Crippen LogP contribution is -2.45. The minimum Gasteiger partial charge on any atom is -0.467 e. The molecule has 3 aromatic rings. The Morgan fingerprint density at radius 1 is 1.12 bits per heavy atom. The summed E-state index contributed by atoms with van der Waals surface area (Å²) in [6.07, 6.45) is 2.58. The summed E-state index contributed by atoms with van der Waals surface area (Å²) < 4.78 is 12.4. The van der Waals surface area contributed by atoms with Gasteiger partial charge in [-0.3, -0.25) is 4.79 Å². The molecule has 1 atom stereocenters. The predicted octanol–water partition coefficient (Wildman–Crippen LogP) is 2.85. The first-order chi connectivity index (χ1) is 16.2. The molecule has 180 valence electrons. The molecule has 1 aliphatic heterocycles. The zero-order chi connectivity index (χ0) is 24.3. The van der Waals surface area contributed by atoms with Crippen molar-refractivity contribution in [3.63, 3.8) is 0 Å². The summed E-state index contributed by atoms with van der Waals surface area (Å²) in [7, 11) is 3.24. The molecule has 0 bridgehead atoms. The topological polar surface area (TPSA) is 94.4 Å². The van der Waals surface area contributed by atoms with Crippen LogP contribution in [0, 0.1) is 0 Å². The molecule has 0 spiro atoms. The van der Waals surface area contributed by atoms with Crippen LogP contribution in [0.15, 0.2) is 47.5 Å². The maximum absolute atomic E-state index is 12.0. The predicted molar refractivity (Wildman–Crippen MR) is 132 cm³/mol. The highest BCUT2D eigenvalue weighted by atomic mass is 16.7. The lowest BCUT2D eigenvalue weighted by molar-refractivity contribution is 0.0515. The number of aryl methyl sites for hydroxylation is 1. The van der Waals surface area contributed by atoms with Gasteiger partial charge in [0.05, 0.1) is 17.7 Å². The molecular formula is C25H32N6O3. The van der Waals surface area contributed by atoms with E-state index in [0.29, 0.717) is 23.2 Å². The number of methoxy groups -OCH3 is 1. The van der Waals surface area contributed by atoms with E-state index in [2.05, 4.69) is 46.2 Å². The van der Waals surface area contributed by atoms with Crippen molar-refractivity contribution in [1.82, 2.24) is 25.1 Å². The summed E-state index contributed by atoms with van der Waals surface area (Å²) in [6, 6.07) is 11.5. The van der Waals surface area contributed by atoms with Crippen LogP contribution >= 0.6 is 0 Å². The summed E-state index contributed by atoms with van der Waals surface area (Å²) in [5.74, 6) is 1.45. The monoisotopic (exact) mass is 464 g/mol. The first-order valence-electron chi connectivity index (χ1n) is 11.4. The van der Waals surface area contributed by atoms with E-state index in [1.165, 1.54) is 17.0 Å². The lowest BCUT2D eigenvalue weighted by Gasteiger charge is -2.26. The number of rotatable bonds is 7. The van der Waals surface area contributed by atoms with Crippen LogP contribution in [-0.4, -0.2) is 58.3 Å². The van der Waals surface area contributed by atoms with Gasteiger partial charge in [0, 0.05) is 56.0 Å². The van der Waals surface area contributed by atoms with E-state index in [1.54, 1.807) is 14.2 Å². The molecule has 0 radical (unpaired) electrons. The van der Waals surface area contributed by atoms with E-state index in [-0.39, 0.29) is 17.9 Å². The third-order valence-corrected chi connectivity index (χ3v) is 5.66. The number of aromatic nitrogens is 4. The zero-order valence-corrected chi connectivity index (χ0v) is 20.4. The van der Waals surface area contributed by atoms with Crippen molar-refractivity contribution >= 4 is 5.82 Å². The van der Waals surface area contributed by atoms with Gasteiger partial charge >= 0.3 is 0 Å². The van der Waals surface area contributed by atoms with Gasteiger partial charge in [0.2, 0.25) is 0 Å². The maximum atomic E-state index is 12.0. The number of anilines is 1. The molecule has 0 saturated carbocycles. The molecule has 4 rings (SSSR count). The Morgan fingerprint density at radius 2 is 1.94 bits per heavy atom. The Morgan fingerprint density at radius 3 is 2.62 bits per heavy atom. The Hall–Kier alpha value is -3.30. The van der Waals surface area contributed by atoms with Crippen LogP contribution < -0.4 is 20.5 Å². The number of hydrogen-bond donors (Lipinski definition) is 1. The zero-order valence-electron chi connectivity index (χ0n) is 20.4. The molecule has 0 amide bonds. The van der Waals surface area contributed by atoms with Gasteiger partial charge in [-0.1, -0.05) is 6.07 Å². The molecule has 0 unspecified atom stereocenters. The van der Waals surface area contributed by atoms with Crippen LogP contribution in [-0.2, 0) is 11.8 Å². The summed E-state index contributed by atoms with van der Waals surface area (Å²) >= 11 is 0. The van der Waals surface area contributed by atoms with Crippen molar-refractivity contribution in [2.24, 2.45) is 7.05 Å². The number of nitrogens with zero attached hydrogens (tertiary/aromatic N) is 5. The van der Waals surface area contributed by atoms with Crippen molar-refractivity contribution in [3.05, 3.63) is 53.1 Å². The first-order valence-corrected chi connectivity index (χ1v) is 11.4. The quantitative estimate of drug-likeness (QED) is 0.534. The second-order valence-corrected chi connectivity index (χ2v) is 9.59. The standard InChI is InChI=1S/C25H32N6O3/c1-25(2,3)27-18-10-11-31(14-18)23-9-8-20(28-29-23)19-7-6-17(12-22(19)34-16-33-5)21-13-24(32)30(4)15-26-21/h6-9,12-13,15,18,27H,10-11,14,16H2,1-5H3/t18-/m0/s1. The molecule has 34 heavy (non-hydrogen) atoms. The summed E-state index contributed by atoms with van der Waals surface area (Å²) in [4.78, 5) is 18.6. The second-order valence-electron chi connectivity index (χ2n) is 9.59. The molecule has 1 aromatic carbocycles. The largest absolute Gasteiger partial charge is 0.467 e. The average Bonchev–Trinajstić information content (AvgIpc) is 3.26. The minimum atomic E-state index is -0.128. The summed E-state index contributed by atoms with van der Waals surface area (Å²) in [5, 5.41) is 12.6. The molecule has 1 aliphatic rings. The molecule has 9 nitrogen and oxygen atoms in total. The smallest absolute Gasteiger partial charge is 0.253 e. The highest BCUT2D eigenvalue weighted by molar-refractivity contribution is 5.73. The SMILES string of the molecule is COCOc1cc(-c2cc(=O)n(C)cn2)ccc1-c1ccc(N2CC[C@H](NC(C)(C)C)C2)nn1. The van der Waals surface area contributed by atoms with Crippen molar-refractivity contribution in [2.45, 2.75) is 38.8 Å². The van der Waals surface area contributed by atoms with Gasteiger partial charge in [-0.15, -0.1) is 10.2 Å². The molecule has 1 fully saturated rings. The van der Waals surface area contributed by atoms with Crippen LogP contribution in [0.2, 0.25) is 0 Å². The van der Waals surface area contributed by atoms with E-state index in [9.17, 15) is 4.79 Å². The van der Waals surface area contributed by atoms with Gasteiger partial charge in [0.25, 0.3) is 5.56 Å². The van der Waals surface area contributed by atoms with E-state index in [1.807, 2.05) is 30.3 Å². The van der Waals surface area contributed by atoms with Crippen LogP contribution in [0.1, 0.15) is 27.2 Å². The fraction of sp³-hybridized carbons (Fsp3) is 0.440. The Bertz CT molecular complexity index is 1190. The number of benzene rings is 1. The van der Waals surface area contributed by atoms with Gasteiger partial charge in [0.1, 0.15) is 5.75 Å². The van der Waals surface area contributed by atoms with Gasteiger partial charge in [0.15, 0.2) is 12.6 Å². The number of nitrogens with one attached hydrogen (secondary N) is 1. The van der Waals surface area contributed by atoms with Crippen molar-refractivity contribution in [2.75, 3.05) is 31.9 Å². The van der Waals surface area contributed by atoms with E-state index in [4.69, 9.17) is 9.47 Å². The van der Waals surface area contributed by atoms with Crippen LogP contribution in [0.3, 0.4) is 0 Å². The third-order valence-electron chi connectivity index (χ3n) is 5.66.